The van der Waals surface area contributed by atoms with Gasteiger partial charge in [0.25, 0.3) is 0 Å². The summed E-state index contributed by atoms with van der Waals surface area (Å²) in [6.45, 7) is 1.08. The van der Waals surface area contributed by atoms with Gasteiger partial charge in [-0.3, -0.25) is 9.59 Å². The van der Waals surface area contributed by atoms with Gasteiger partial charge in [0, 0.05) is 18.7 Å². The lowest BCUT2D eigenvalue weighted by Crippen LogP contribution is -2.41. The average Bonchev–Trinajstić information content (AvgIpc) is 2.54. The quantitative estimate of drug-likeness (QED) is 0.850. The van der Waals surface area contributed by atoms with Gasteiger partial charge in [-0.25, -0.2) is 0 Å². The fraction of sp³-hybridized carbons (Fsp3) is 0.500. The number of carbonyl (C=O) groups excluding carboxylic acids is 2. The molecule has 1 saturated heterocycles. The van der Waals surface area contributed by atoms with E-state index in [-0.39, 0.29) is 30.0 Å². The highest BCUT2D eigenvalue weighted by Gasteiger charge is 2.28. The third kappa shape index (κ3) is 3.69. The molecule has 0 atom stereocenters. The van der Waals surface area contributed by atoms with Crippen molar-refractivity contribution < 1.29 is 24.2 Å². The number of nitrogens with zero attached hydrogens (tertiary/aromatic N) is 1. The maximum Gasteiger partial charge on any atom is 0.308 e. The maximum absolute atomic E-state index is 12.4. The summed E-state index contributed by atoms with van der Waals surface area (Å²) in [5.74, 6) is 0.321. The van der Waals surface area contributed by atoms with E-state index in [0.717, 1.165) is 0 Å². The van der Waals surface area contributed by atoms with Gasteiger partial charge in [0.05, 0.1) is 26.6 Å². The Morgan fingerprint density at radius 1 is 1.27 bits per heavy atom. The third-order valence-corrected chi connectivity index (χ3v) is 3.99. The first-order chi connectivity index (χ1) is 10.5. The summed E-state index contributed by atoms with van der Waals surface area (Å²) in [4.78, 5) is 25.6. The summed E-state index contributed by atoms with van der Waals surface area (Å²) in [5.41, 5.74) is 0.655. The molecule has 1 heterocycles. The number of amides is 1. The number of piperidine rings is 1. The number of benzene rings is 1. The van der Waals surface area contributed by atoms with Crippen LogP contribution in [0.15, 0.2) is 18.2 Å². The Morgan fingerprint density at radius 2 is 1.95 bits per heavy atom. The lowest BCUT2D eigenvalue weighted by molar-refractivity contribution is -0.148. The minimum Gasteiger partial charge on any atom is -0.508 e. The number of carbonyl (C=O) groups is 2. The van der Waals surface area contributed by atoms with Crippen LogP contribution in [0, 0.1) is 5.92 Å². The summed E-state index contributed by atoms with van der Waals surface area (Å²) < 4.78 is 9.95. The molecular weight excluding hydrogens is 286 g/mol. The molecule has 1 amide bonds. The number of phenolic OH excluding ortho intramolecular Hbond substituents is 1. The topological polar surface area (TPSA) is 76.1 Å². The van der Waals surface area contributed by atoms with Crippen molar-refractivity contribution >= 4 is 11.9 Å². The highest BCUT2D eigenvalue weighted by molar-refractivity contribution is 5.80. The van der Waals surface area contributed by atoms with Crippen molar-refractivity contribution in [2.24, 2.45) is 5.92 Å². The minimum atomic E-state index is -0.207. The molecule has 0 aromatic heterocycles. The number of hydrogen-bond donors (Lipinski definition) is 1. The molecule has 1 fully saturated rings. The van der Waals surface area contributed by atoms with Gasteiger partial charge in [-0.2, -0.15) is 0 Å². The van der Waals surface area contributed by atoms with E-state index in [2.05, 4.69) is 0 Å². The van der Waals surface area contributed by atoms with Crippen LogP contribution in [0.2, 0.25) is 0 Å². The lowest BCUT2D eigenvalue weighted by Gasteiger charge is -2.30. The van der Waals surface area contributed by atoms with Crippen molar-refractivity contribution in [3.8, 4) is 11.5 Å². The molecule has 0 saturated carbocycles. The van der Waals surface area contributed by atoms with Crippen molar-refractivity contribution in [2.75, 3.05) is 27.3 Å². The van der Waals surface area contributed by atoms with E-state index >= 15 is 0 Å². The number of esters is 1. The second-order valence-corrected chi connectivity index (χ2v) is 5.35. The fourth-order valence-corrected chi connectivity index (χ4v) is 2.71. The Balaban J connectivity index is 1.96. The maximum atomic E-state index is 12.4. The first-order valence-electron chi connectivity index (χ1n) is 7.26. The molecule has 0 aliphatic carbocycles. The molecule has 0 spiro atoms. The van der Waals surface area contributed by atoms with Crippen LogP contribution < -0.4 is 4.74 Å². The van der Waals surface area contributed by atoms with Gasteiger partial charge >= 0.3 is 5.97 Å². The Morgan fingerprint density at radius 3 is 2.55 bits per heavy atom. The van der Waals surface area contributed by atoms with E-state index in [1.807, 2.05) is 0 Å². The number of ether oxygens (including phenoxy) is 2. The minimum absolute atomic E-state index is 0.0350. The van der Waals surface area contributed by atoms with Gasteiger partial charge in [0.15, 0.2) is 0 Å². The fourth-order valence-electron chi connectivity index (χ4n) is 2.71. The van der Waals surface area contributed by atoms with Crippen LogP contribution in [-0.4, -0.2) is 49.2 Å². The zero-order valence-electron chi connectivity index (χ0n) is 12.9. The number of likely N-dealkylation sites (tertiary alicyclic amines) is 1. The van der Waals surface area contributed by atoms with Crippen molar-refractivity contribution in [2.45, 2.75) is 19.3 Å². The molecule has 0 radical (unpaired) electrons. The van der Waals surface area contributed by atoms with Crippen LogP contribution in [0.1, 0.15) is 18.4 Å². The molecule has 22 heavy (non-hydrogen) atoms. The summed E-state index contributed by atoms with van der Waals surface area (Å²) in [7, 11) is 2.91. The zero-order chi connectivity index (χ0) is 16.1. The van der Waals surface area contributed by atoms with Crippen molar-refractivity contribution in [1.29, 1.82) is 0 Å². The first-order valence-corrected chi connectivity index (χ1v) is 7.26. The normalized spacial score (nSPS) is 15.5. The summed E-state index contributed by atoms with van der Waals surface area (Å²) in [5, 5.41) is 9.55. The summed E-state index contributed by atoms with van der Waals surface area (Å²) in [6, 6.07) is 4.70. The Bertz CT molecular complexity index is 549. The molecule has 0 unspecified atom stereocenters. The smallest absolute Gasteiger partial charge is 0.308 e. The van der Waals surface area contributed by atoms with E-state index in [4.69, 9.17) is 9.47 Å². The zero-order valence-corrected chi connectivity index (χ0v) is 12.9. The van der Waals surface area contributed by atoms with E-state index in [9.17, 15) is 14.7 Å². The predicted molar refractivity (Wildman–Crippen MR) is 79.7 cm³/mol. The van der Waals surface area contributed by atoms with Crippen LogP contribution in [0.3, 0.4) is 0 Å². The standard InChI is InChI=1S/C16H21NO5/c1-21-14-4-3-13(18)9-12(14)10-15(19)17-7-5-11(6-8-17)16(20)22-2/h3-4,9,11,18H,5-8,10H2,1-2H3. The summed E-state index contributed by atoms with van der Waals surface area (Å²) in [6.07, 6.45) is 1.41. The molecule has 1 N–H and O–H groups in total. The molecule has 1 aliphatic heterocycles. The highest BCUT2D eigenvalue weighted by atomic mass is 16.5. The molecule has 120 valence electrons. The van der Waals surface area contributed by atoms with Gasteiger partial charge in [-0.15, -0.1) is 0 Å². The van der Waals surface area contributed by atoms with E-state index in [1.54, 1.807) is 11.0 Å². The predicted octanol–water partition coefficient (Wildman–Crippen LogP) is 1.35. The molecule has 1 aliphatic rings. The van der Waals surface area contributed by atoms with Crippen LogP contribution >= 0.6 is 0 Å². The Labute approximate surface area is 129 Å². The molecule has 2 rings (SSSR count). The van der Waals surface area contributed by atoms with Crippen LogP contribution in [-0.2, 0) is 20.7 Å². The number of phenols is 1. The van der Waals surface area contributed by atoms with Gasteiger partial charge in [0.2, 0.25) is 5.91 Å². The third-order valence-electron chi connectivity index (χ3n) is 3.99. The monoisotopic (exact) mass is 307 g/mol. The van der Waals surface area contributed by atoms with E-state index < -0.39 is 0 Å². The number of aromatic hydroxyl groups is 1. The van der Waals surface area contributed by atoms with E-state index in [0.29, 0.717) is 37.2 Å². The van der Waals surface area contributed by atoms with Gasteiger partial charge in [-0.1, -0.05) is 0 Å². The second kappa shape index (κ2) is 7.15. The van der Waals surface area contributed by atoms with Gasteiger partial charge in [0.1, 0.15) is 11.5 Å². The van der Waals surface area contributed by atoms with Crippen molar-refractivity contribution in [3.05, 3.63) is 23.8 Å². The SMILES string of the molecule is COC(=O)C1CCN(C(=O)Cc2cc(O)ccc2OC)CC1. The van der Waals surface area contributed by atoms with Crippen LogP contribution in [0.4, 0.5) is 0 Å². The molecule has 0 bridgehead atoms. The average molecular weight is 307 g/mol. The number of methoxy groups -OCH3 is 2. The number of rotatable bonds is 4. The van der Waals surface area contributed by atoms with Gasteiger partial charge < -0.3 is 19.5 Å². The first kappa shape index (κ1) is 16.1. The Hall–Kier alpha value is -2.24. The molecule has 6 nitrogen and oxygen atoms in total. The van der Waals surface area contributed by atoms with Gasteiger partial charge in [-0.05, 0) is 31.0 Å². The molecule has 1 aromatic carbocycles. The Kier molecular flexibility index (Phi) is 5.25. The second-order valence-electron chi connectivity index (χ2n) is 5.35. The van der Waals surface area contributed by atoms with Crippen LogP contribution in [0.25, 0.3) is 0 Å². The van der Waals surface area contributed by atoms with Crippen molar-refractivity contribution in [3.63, 3.8) is 0 Å². The highest BCUT2D eigenvalue weighted by Crippen LogP contribution is 2.25. The molecular formula is C16H21NO5. The van der Waals surface area contributed by atoms with Crippen LogP contribution in [0.5, 0.6) is 11.5 Å². The number of hydrogen-bond acceptors (Lipinski definition) is 5. The van der Waals surface area contributed by atoms with Crippen molar-refractivity contribution in [1.82, 2.24) is 4.90 Å². The van der Waals surface area contributed by atoms with E-state index in [1.165, 1.54) is 26.4 Å². The largest absolute Gasteiger partial charge is 0.508 e. The molecule has 6 heteroatoms. The summed E-state index contributed by atoms with van der Waals surface area (Å²) >= 11 is 0. The lowest BCUT2D eigenvalue weighted by atomic mass is 9.96. The molecule has 1 aromatic rings.